The standard InChI is InChI=1S/C14H8BrClN2O/c15-11-7-10-12(18-14(11)16)5-6-17-13(10)8-1-3-9(19)4-2-8/h1-7,19H. The van der Waals surface area contributed by atoms with Crippen molar-refractivity contribution in [3.63, 3.8) is 0 Å². The summed E-state index contributed by atoms with van der Waals surface area (Å²) < 4.78 is 0.731. The molecule has 94 valence electrons. The molecule has 0 saturated heterocycles. The van der Waals surface area contributed by atoms with Crippen LogP contribution in [0.1, 0.15) is 0 Å². The Morgan fingerprint density at radius 3 is 2.58 bits per heavy atom. The number of rotatable bonds is 1. The molecule has 0 aliphatic carbocycles. The Morgan fingerprint density at radius 1 is 1.11 bits per heavy atom. The lowest BCUT2D eigenvalue weighted by Gasteiger charge is -2.07. The van der Waals surface area contributed by atoms with Gasteiger partial charge in [0.25, 0.3) is 0 Å². The molecule has 0 radical (unpaired) electrons. The predicted molar refractivity (Wildman–Crippen MR) is 79.3 cm³/mol. The molecule has 0 saturated carbocycles. The van der Waals surface area contributed by atoms with E-state index in [4.69, 9.17) is 11.6 Å². The summed E-state index contributed by atoms with van der Waals surface area (Å²) in [4.78, 5) is 8.70. The molecule has 3 rings (SSSR count). The van der Waals surface area contributed by atoms with Crippen molar-refractivity contribution in [1.82, 2.24) is 9.97 Å². The maximum Gasteiger partial charge on any atom is 0.143 e. The van der Waals surface area contributed by atoms with Gasteiger partial charge in [-0.3, -0.25) is 4.98 Å². The van der Waals surface area contributed by atoms with Crippen LogP contribution in [-0.2, 0) is 0 Å². The zero-order valence-electron chi connectivity index (χ0n) is 9.64. The first-order valence-corrected chi connectivity index (χ1v) is 6.72. The maximum absolute atomic E-state index is 9.34. The Kier molecular flexibility index (Phi) is 3.12. The topological polar surface area (TPSA) is 46.0 Å². The quantitative estimate of drug-likeness (QED) is 0.670. The van der Waals surface area contributed by atoms with Crippen LogP contribution in [-0.4, -0.2) is 15.1 Å². The third-order valence-electron chi connectivity index (χ3n) is 2.79. The Bertz CT molecular complexity index is 759. The normalized spacial score (nSPS) is 10.8. The summed E-state index contributed by atoms with van der Waals surface area (Å²) >= 11 is 9.37. The molecule has 3 nitrogen and oxygen atoms in total. The van der Waals surface area contributed by atoms with E-state index < -0.39 is 0 Å². The Balaban J connectivity index is 2.29. The molecule has 0 fully saturated rings. The summed E-state index contributed by atoms with van der Waals surface area (Å²) in [5.74, 6) is 0.228. The SMILES string of the molecule is Oc1ccc(-c2nccc3nc(Cl)c(Br)cc23)cc1. The molecule has 0 aliphatic rings. The van der Waals surface area contributed by atoms with Gasteiger partial charge in [-0.2, -0.15) is 0 Å². The van der Waals surface area contributed by atoms with Gasteiger partial charge in [0.2, 0.25) is 0 Å². The number of fused-ring (bicyclic) bond motifs is 1. The average molecular weight is 336 g/mol. The molecular weight excluding hydrogens is 328 g/mol. The highest BCUT2D eigenvalue weighted by molar-refractivity contribution is 9.10. The Labute approximate surface area is 123 Å². The van der Waals surface area contributed by atoms with Gasteiger partial charge in [-0.05, 0) is 52.3 Å². The molecule has 0 bridgehead atoms. The summed E-state index contributed by atoms with van der Waals surface area (Å²) in [6.07, 6.45) is 1.70. The van der Waals surface area contributed by atoms with Crippen molar-refractivity contribution in [3.05, 3.63) is 52.2 Å². The summed E-state index contributed by atoms with van der Waals surface area (Å²) in [5.41, 5.74) is 2.51. The number of phenolic OH excluding ortho intramolecular Hbond substituents is 1. The molecule has 1 aromatic carbocycles. The fourth-order valence-corrected chi connectivity index (χ4v) is 2.36. The van der Waals surface area contributed by atoms with E-state index in [9.17, 15) is 5.11 Å². The molecule has 0 unspecified atom stereocenters. The molecule has 2 aromatic heterocycles. The summed E-state index contributed by atoms with van der Waals surface area (Å²) in [7, 11) is 0. The van der Waals surface area contributed by atoms with Crippen LogP contribution in [0, 0.1) is 0 Å². The van der Waals surface area contributed by atoms with E-state index in [1.807, 2.05) is 24.3 Å². The largest absolute Gasteiger partial charge is 0.508 e. The minimum Gasteiger partial charge on any atom is -0.508 e. The number of hydrogen-bond acceptors (Lipinski definition) is 3. The monoisotopic (exact) mass is 334 g/mol. The van der Waals surface area contributed by atoms with E-state index in [1.165, 1.54) is 0 Å². The second-order valence-corrected chi connectivity index (χ2v) is 5.25. The Hall–Kier alpha value is -1.65. The predicted octanol–water partition coefficient (Wildman–Crippen LogP) is 4.42. The molecule has 19 heavy (non-hydrogen) atoms. The van der Waals surface area contributed by atoms with Gasteiger partial charge in [-0.25, -0.2) is 4.98 Å². The highest BCUT2D eigenvalue weighted by Gasteiger charge is 2.09. The van der Waals surface area contributed by atoms with Crippen molar-refractivity contribution >= 4 is 38.4 Å². The van der Waals surface area contributed by atoms with Crippen LogP contribution < -0.4 is 0 Å². The van der Waals surface area contributed by atoms with Crippen molar-refractivity contribution in [2.45, 2.75) is 0 Å². The van der Waals surface area contributed by atoms with E-state index in [2.05, 4.69) is 25.9 Å². The molecule has 0 atom stereocenters. The zero-order chi connectivity index (χ0) is 13.4. The van der Waals surface area contributed by atoms with Crippen molar-refractivity contribution in [2.75, 3.05) is 0 Å². The van der Waals surface area contributed by atoms with E-state index in [0.29, 0.717) is 5.15 Å². The minimum atomic E-state index is 0.228. The van der Waals surface area contributed by atoms with Crippen LogP contribution in [0.25, 0.3) is 22.2 Å². The number of aromatic nitrogens is 2. The van der Waals surface area contributed by atoms with Gasteiger partial charge in [-0.15, -0.1) is 0 Å². The van der Waals surface area contributed by atoms with Crippen LogP contribution in [0.5, 0.6) is 5.75 Å². The minimum absolute atomic E-state index is 0.228. The average Bonchev–Trinajstić information content (AvgIpc) is 2.41. The number of nitrogens with zero attached hydrogens (tertiary/aromatic N) is 2. The van der Waals surface area contributed by atoms with Gasteiger partial charge < -0.3 is 5.11 Å². The summed E-state index contributed by atoms with van der Waals surface area (Å²) in [6, 6.07) is 10.6. The fourth-order valence-electron chi connectivity index (χ4n) is 1.90. The number of pyridine rings is 2. The van der Waals surface area contributed by atoms with Gasteiger partial charge in [0.1, 0.15) is 10.9 Å². The van der Waals surface area contributed by atoms with Gasteiger partial charge in [0, 0.05) is 17.1 Å². The Morgan fingerprint density at radius 2 is 1.84 bits per heavy atom. The highest BCUT2D eigenvalue weighted by atomic mass is 79.9. The first-order chi connectivity index (χ1) is 9.15. The smallest absolute Gasteiger partial charge is 0.143 e. The van der Waals surface area contributed by atoms with Crippen LogP contribution in [0.4, 0.5) is 0 Å². The second kappa shape index (κ2) is 4.79. The molecule has 0 aliphatic heterocycles. The van der Waals surface area contributed by atoms with Crippen LogP contribution in [0.3, 0.4) is 0 Å². The molecule has 5 heteroatoms. The molecule has 3 aromatic rings. The van der Waals surface area contributed by atoms with Crippen molar-refractivity contribution in [2.24, 2.45) is 0 Å². The van der Waals surface area contributed by atoms with Crippen molar-refractivity contribution in [1.29, 1.82) is 0 Å². The van der Waals surface area contributed by atoms with Crippen LogP contribution >= 0.6 is 27.5 Å². The van der Waals surface area contributed by atoms with Gasteiger partial charge in [0.05, 0.1) is 15.7 Å². The number of aromatic hydroxyl groups is 1. The fraction of sp³-hybridized carbons (Fsp3) is 0. The molecule has 2 heterocycles. The van der Waals surface area contributed by atoms with Crippen molar-refractivity contribution < 1.29 is 5.11 Å². The summed E-state index contributed by atoms with van der Waals surface area (Å²) in [5, 5.41) is 10.7. The zero-order valence-corrected chi connectivity index (χ0v) is 12.0. The first-order valence-electron chi connectivity index (χ1n) is 5.55. The second-order valence-electron chi connectivity index (χ2n) is 4.03. The van der Waals surface area contributed by atoms with Crippen LogP contribution in [0.2, 0.25) is 5.15 Å². The molecule has 0 amide bonds. The number of halogens is 2. The van der Waals surface area contributed by atoms with E-state index in [1.54, 1.807) is 18.3 Å². The third-order valence-corrected chi connectivity index (χ3v) is 3.92. The molecule has 1 N–H and O–H groups in total. The first kappa shape index (κ1) is 12.4. The molecular formula is C14H8BrClN2O. The number of hydrogen-bond donors (Lipinski definition) is 1. The number of benzene rings is 1. The van der Waals surface area contributed by atoms with E-state index >= 15 is 0 Å². The van der Waals surface area contributed by atoms with E-state index in [0.717, 1.165) is 26.6 Å². The van der Waals surface area contributed by atoms with Gasteiger partial charge in [-0.1, -0.05) is 11.6 Å². The number of phenols is 1. The summed E-state index contributed by atoms with van der Waals surface area (Å²) in [6.45, 7) is 0. The lowest BCUT2D eigenvalue weighted by molar-refractivity contribution is 0.475. The van der Waals surface area contributed by atoms with Crippen molar-refractivity contribution in [3.8, 4) is 17.0 Å². The molecule has 0 spiro atoms. The van der Waals surface area contributed by atoms with Gasteiger partial charge in [0.15, 0.2) is 0 Å². The van der Waals surface area contributed by atoms with Crippen LogP contribution in [0.15, 0.2) is 47.1 Å². The lowest BCUT2D eigenvalue weighted by Crippen LogP contribution is -1.89. The highest BCUT2D eigenvalue weighted by Crippen LogP contribution is 2.31. The maximum atomic E-state index is 9.34. The third kappa shape index (κ3) is 2.29. The van der Waals surface area contributed by atoms with E-state index in [-0.39, 0.29) is 5.75 Å². The van der Waals surface area contributed by atoms with Gasteiger partial charge >= 0.3 is 0 Å². The lowest BCUT2D eigenvalue weighted by atomic mass is 10.1.